The lowest BCUT2D eigenvalue weighted by Crippen LogP contribution is -1.96. The second kappa shape index (κ2) is 4.05. The van der Waals surface area contributed by atoms with Gasteiger partial charge in [-0.1, -0.05) is 0 Å². The third kappa shape index (κ3) is 2.08. The maximum Gasteiger partial charge on any atom is 0.211 e. The largest absolute Gasteiger partial charge is 0.327 e. The maximum atomic E-state index is 10.2. The zero-order chi connectivity index (χ0) is 9.14. The first-order valence-electron chi connectivity index (χ1n) is 3.31. The molecule has 0 aliphatic carbocycles. The van der Waals surface area contributed by atoms with Crippen LogP contribution in [0.5, 0.6) is 0 Å². The molecule has 1 N–H and O–H groups in total. The van der Waals surface area contributed by atoms with Crippen LogP contribution in [0.3, 0.4) is 0 Å². The van der Waals surface area contributed by atoms with Crippen LogP contribution in [0.1, 0.15) is 5.56 Å². The molecule has 0 spiro atoms. The third-order valence-electron chi connectivity index (χ3n) is 1.39. The number of aryl methyl sites for hydroxylation is 1. The van der Waals surface area contributed by atoms with E-state index in [2.05, 4.69) is 37.2 Å². The molecule has 0 bridgehead atoms. The zero-order valence-corrected chi connectivity index (χ0v) is 9.57. The van der Waals surface area contributed by atoms with Gasteiger partial charge in [0.05, 0.1) is 5.69 Å². The van der Waals surface area contributed by atoms with E-state index in [0.29, 0.717) is 6.41 Å². The van der Waals surface area contributed by atoms with E-state index in [9.17, 15) is 4.79 Å². The molecule has 0 aliphatic rings. The first-order chi connectivity index (χ1) is 5.65. The monoisotopic (exact) mass is 291 g/mol. The smallest absolute Gasteiger partial charge is 0.211 e. The van der Waals surface area contributed by atoms with Crippen LogP contribution in [0.25, 0.3) is 0 Å². The van der Waals surface area contributed by atoms with E-state index >= 15 is 0 Å². The molecule has 0 unspecified atom stereocenters. The van der Waals surface area contributed by atoms with E-state index in [1.165, 1.54) is 0 Å². The number of rotatable bonds is 2. The summed E-state index contributed by atoms with van der Waals surface area (Å²) >= 11 is 6.70. The Bertz CT molecular complexity index is 289. The topological polar surface area (TPSA) is 29.1 Å². The standard InChI is InChI=1S/C8H7Br2NO/c1-5-2-6(9)8(11-4-12)7(10)3-5/h2-4H,1H3,(H,11,12). The van der Waals surface area contributed by atoms with E-state index in [4.69, 9.17) is 0 Å². The summed E-state index contributed by atoms with van der Waals surface area (Å²) in [5, 5.41) is 2.60. The lowest BCUT2D eigenvalue weighted by Gasteiger charge is -2.06. The van der Waals surface area contributed by atoms with Gasteiger partial charge in [-0.3, -0.25) is 4.79 Å². The molecule has 0 heterocycles. The van der Waals surface area contributed by atoms with Gasteiger partial charge >= 0.3 is 0 Å². The van der Waals surface area contributed by atoms with Crippen molar-refractivity contribution in [3.05, 3.63) is 26.6 Å². The number of amides is 1. The lowest BCUT2D eigenvalue weighted by atomic mass is 10.2. The number of carbonyl (C=O) groups excluding carboxylic acids is 1. The van der Waals surface area contributed by atoms with Gasteiger partial charge in [-0.05, 0) is 56.5 Å². The normalized spacial score (nSPS) is 9.58. The Morgan fingerprint density at radius 3 is 2.25 bits per heavy atom. The fraction of sp³-hybridized carbons (Fsp3) is 0.125. The van der Waals surface area contributed by atoms with Crippen molar-refractivity contribution in [2.75, 3.05) is 5.32 Å². The summed E-state index contributed by atoms with van der Waals surface area (Å²) in [6, 6.07) is 3.88. The molecule has 0 aromatic heterocycles. The number of anilines is 1. The van der Waals surface area contributed by atoms with Crippen molar-refractivity contribution in [3.8, 4) is 0 Å². The average Bonchev–Trinajstić information content (AvgIpc) is 1.96. The van der Waals surface area contributed by atoms with E-state index < -0.39 is 0 Å². The number of carbonyl (C=O) groups is 1. The zero-order valence-electron chi connectivity index (χ0n) is 6.40. The number of benzene rings is 1. The molecule has 0 saturated carbocycles. The number of hydrogen-bond acceptors (Lipinski definition) is 1. The number of halogens is 2. The van der Waals surface area contributed by atoms with Crippen molar-refractivity contribution < 1.29 is 4.79 Å². The first-order valence-corrected chi connectivity index (χ1v) is 4.89. The van der Waals surface area contributed by atoms with Gasteiger partial charge in [0.1, 0.15) is 0 Å². The van der Waals surface area contributed by atoms with Crippen molar-refractivity contribution in [1.29, 1.82) is 0 Å². The Morgan fingerprint density at radius 1 is 1.33 bits per heavy atom. The minimum Gasteiger partial charge on any atom is -0.327 e. The number of hydrogen-bond donors (Lipinski definition) is 1. The van der Waals surface area contributed by atoms with Crippen LogP contribution in [0, 0.1) is 6.92 Å². The molecule has 64 valence electrons. The first kappa shape index (κ1) is 9.74. The van der Waals surface area contributed by atoms with Gasteiger partial charge in [0.25, 0.3) is 0 Å². The fourth-order valence-corrected chi connectivity index (χ4v) is 2.54. The molecular weight excluding hydrogens is 286 g/mol. The van der Waals surface area contributed by atoms with Gasteiger partial charge in [-0.2, -0.15) is 0 Å². The molecule has 0 radical (unpaired) electrons. The lowest BCUT2D eigenvalue weighted by molar-refractivity contribution is -0.105. The Hall–Kier alpha value is -0.350. The minimum absolute atomic E-state index is 0.653. The van der Waals surface area contributed by atoms with Crippen LogP contribution in [0.4, 0.5) is 5.69 Å². The van der Waals surface area contributed by atoms with Crippen LogP contribution in [0.15, 0.2) is 21.1 Å². The van der Waals surface area contributed by atoms with Crippen LogP contribution in [-0.4, -0.2) is 6.41 Å². The Morgan fingerprint density at radius 2 is 1.83 bits per heavy atom. The highest BCUT2D eigenvalue weighted by Crippen LogP contribution is 2.31. The molecule has 1 amide bonds. The SMILES string of the molecule is Cc1cc(Br)c(NC=O)c(Br)c1. The summed E-state index contributed by atoms with van der Waals surface area (Å²) in [6.45, 7) is 1.99. The number of nitrogens with one attached hydrogen (secondary N) is 1. The van der Waals surface area contributed by atoms with Crippen molar-refractivity contribution in [1.82, 2.24) is 0 Å². The van der Waals surface area contributed by atoms with Gasteiger partial charge in [0.2, 0.25) is 6.41 Å². The Balaban J connectivity index is 3.18. The van der Waals surface area contributed by atoms with Crippen LogP contribution in [-0.2, 0) is 4.79 Å². The summed E-state index contributed by atoms with van der Waals surface area (Å²) in [6.07, 6.45) is 0.653. The molecule has 1 aromatic carbocycles. The van der Waals surface area contributed by atoms with Crippen molar-refractivity contribution in [3.63, 3.8) is 0 Å². The molecule has 0 aliphatic heterocycles. The second-order valence-electron chi connectivity index (χ2n) is 2.37. The van der Waals surface area contributed by atoms with Crippen molar-refractivity contribution in [2.45, 2.75) is 6.92 Å². The maximum absolute atomic E-state index is 10.2. The van der Waals surface area contributed by atoms with Crippen LogP contribution in [0.2, 0.25) is 0 Å². The predicted octanol–water partition coefficient (Wildman–Crippen LogP) is 3.09. The van der Waals surface area contributed by atoms with Crippen molar-refractivity contribution in [2.24, 2.45) is 0 Å². The van der Waals surface area contributed by atoms with Crippen LogP contribution >= 0.6 is 31.9 Å². The minimum atomic E-state index is 0.653. The molecule has 2 nitrogen and oxygen atoms in total. The summed E-state index contributed by atoms with van der Waals surface area (Å²) < 4.78 is 1.75. The summed E-state index contributed by atoms with van der Waals surface area (Å²) in [5.41, 5.74) is 1.89. The summed E-state index contributed by atoms with van der Waals surface area (Å²) in [4.78, 5) is 10.2. The third-order valence-corrected chi connectivity index (χ3v) is 2.64. The Labute approximate surface area is 87.6 Å². The van der Waals surface area contributed by atoms with E-state index in [-0.39, 0.29) is 0 Å². The van der Waals surface area contributed by atoms with Gasteiger partial charge in [0.15, 0.2) is 0 Å². The van der Waals surface area contributed by atoms with Crippen molar-refractivity contribution >= 4 is 44.0 Å². The predicted molar refractivity (Wildman–Crippen MR) is 56.3 cm³/mol. The summed E-state index contributed by atoms with van der Waals surface area (Å²) in [5.74, 6) is 0. The van der Waals surface area contributed by atoms with Crippen LogP contribution < -0.4 is 5.32 Å². The van der Waals surface area contributed by atoms with E-state index in [0.717, 1.165) is 20.2 Å². The molecule has 0 fully saturated rings. The average molecular weight is 293 g/mol. The quantitative estimate of drug-likeness (QED) is 0.834. The molecule has 0 saturated heterocycles. The molecular formula is C8H7Br2NO. The Kier molecular flexibility index (Phi) is 3.29. The van der Waals surface area contributed by atoms with Gasteiger partial charge in [-0.25, -0.2) is 0 Å². The highest BCUT2D eigenvalue weighted by atomic mass is 79.9. The van der Waals surface area contributed by atoms with Gasteiger partial charge in [0, 0.05) is 8.95 Å². The molecule has 0 atom stereocenters. The molecule has 4 heteroatoms. The van der Waals surface area contributed by atoms with Gasteiger partial charge < -0.3 is 5.32 Å². The molecule has 12 heavy (non-hydrogen) atoms. The molecule has 1 aromatic rings. The van der Waals surface area contributed by atoms with E-state index in [1.807, 2.05) is 19.1 Å². The highest BCUT2D eigenvalue weighted by molar-refractivity contribution is 9.11. The summed E-state index contributed by atoms with van der Waals surface area (Å²) in [7, 11) is 0. The van der Waals surface area contributed by atoms with E-state index in [1.54, 1.807) is 0 Å². The fourth-order valence-electron chi connectivity index (χ4n) is 0.897. The highest BCUT2D eigenvalue weighted by Gasteiger charge is 2.04. The molecule has 1 rings (SSSR count). The van der Waals surface area contributed by atoms with Gasteiger partial charge in [-0.15, -0.1) is 0 Å². The second-order valence-corrected chi connectivity index (χ2v) is 4.07.